The van der Waals surface area contributed by atoms with E-state index < -0.39 is 0 Å². The number of hydrogen-bond donors (Lipinski definition) is 0. The molecule has 0 aromatic carbocycles. The monoisotopic (exact) mass is 246 g/mol. The largest absolute Gasteiger partial charge is 0.328 e. The number of imidazole rings is 1. The van der Waals surface area contributed by atoms with Crippen molar-refractivity contribution in [3.8, 4) is 0 Å². The number of rotatable bonds is 2. The van der Waals surface area contributed by atoms with Gasteiger partial charge in [-0.25, -0.2) is 4.79 Å². The number of hydrogen-bond acceptors (Lipinski definition) is 3. The van der Waals surface area contributed by atoms with Crippen LogP contribution in [0.25, 0.3) is 0 Å². The van der Waals surface area contributed by atoms with E-state index in [-0.39, 0.29) is 11.6 Å². The van der Waals surface area contributed by atoms with Gasteiger partial charge < -0.3 is 9.47 Å². The van der Waals surface area contributed by atoms with E-state index in [4.69, 9.17) is 0 Å². The second kappa shape index (κ2) is 4.48. The Hall–Kier alpha value is -2.37. The van der Waals surface area contributed by atoms with Crippen LogP contribution in [-0.4, -0.2) is 27.1 Å². The standard InChI is InChI=1S/C12H14N4O2/c1-14-8-10(16(3)12(14)18)11(17)15(2)9-4-6-13-7-5-9/h4-8H,1-3H3. The second-order valence-electron chi connectivity index (χ2n) is 4.04. The Morgan fingerprint density at radius 3 is 2.39 bits per heavy atom. The van der Waals surface area contributed by atoms with Crippen molar-refractivity contribution in [1.82, 2.24) is 14.1 Å². The molecule has 2 aromatic rings. The molecule has 1 amide bonds. The lowest BCUT2D eigenvalue weighted by Gasteiger charge is -2.16. The Morgan fingerprint density at radius 1 is 1.28 bits per heavy atom. The number of amides is 1. The Balaban J connectivity index is 2.38. The van der Waals surface area contributed by atoms with Crippen molar-refractivity contribution in [2.24, 2.45) is 14.1 Å². The van der Waals surface area contributed by atoms with Crippen LogP contribution in [0.3, 0.4) is 0 Å². The van der Waals surface area contributed by atoms with E-state index in [1.807, 2.05) is 0 Å². The fourth-order valence-electron chi connectivity index (χ4n) is 1.72. The van der Waals surface area contributed by atoms with Gasteiger partial charge in [-0.1, -0.05) is 0 Å². The second-order valence-corrected chi connectivity index (χ2v) is 4.04. The summed E-state index contributed by atoms with van der Waals surface area (Å²) in [5.74, 6) is -0.235. The van der Waals surface area contributed by atoms with Crippen molar-refractivity contribution in [1.29, 1.82) is 0 Å². The van der Waals surface area contributed by atoms with Gasteiger partial charge in [-0.05, 0) is 12.1 Å². The number of aromatic nitrogens is 3. The Labute approximate surface area is 104 Å². The number of anilines is 1. The third kappa shape index (κ3) is 1.92. The average Bonchev–Trinajstić information content (AvgIpc) is 2.66. The number of carbonyl (C=O) groups is 1. The summed E-state index contributed by atoms with van der Waals surface area (Å²) in [5.41, 5.74) is 0.856. The van der Waals surface area contributed by atoms with Crippen LogP contribution < -0.4 is 10.6 Å². The summed E-state index contributed by atoms with van der Waals surface area (Å²) in [5, 5.41) is 0. The first-order valence-electron chi connectivity index (χ1n) is 5.43. The van der Waals surface area contributed by atoms with Gasteiger partial charge in [0.1, 0.15) is 5.69 Å². The quantitative estimate of drug-likeness (QED) is 0.770. The van der Waals surface area contributed by atoms with Crippen molar-refractivity contribution in [3.05, 3.63) is 46.9 Å². The Bertz CT molecular complexity index is 627. The zero-order chi connectivity index (χ0) is 13.3. The molecule has 2 heterocycles. The molecule has 0 fully saturated rings. The smallest absolute Gasteiger partial charge is 0.310 e. The molecule has 0 saturated carbocycles. The van der Waals surface area contributed by atoms with Crippen molar-refractivity contribution >= 4 is 11.6 Å². The van der Waals surface area contributed by atoms with Crippen molar-refractivity contribution in [2.75, 3.05) is 11.9 Å². The summed E-state index contributed by atoms with van der Waals surface area (Å²) in [6, 6.07) is 3.47. The fraction of sp³-hybridized carbons (Fsp3) is 0.250. The fourth-order valence-corrected chi connectivity index (χ4v) is 1.72. The van der Waals surface area contributed by atoms with Gasteiger partial charge in [0.05, 0.1) is 0 Å². The van der Waals surface area contributed by atoms with Crippen LogP contribution in [0.1, 0.15) is 10.5 Å². The highest BCUT2D eigenvalue weighted by Crippen LogP contribution is 2.12. The zero-order valence-electron chi connectivity index (χ0n) is 10.5. The van der Waals surface area contributed by atoms with Crippen LogP contribution in [0, 0.1) is 0 Å². The zero-order valence-corrected chi connectivity index (χ0v) is 10.5. The van der Waals surface area contributed by atoms with Crippen LogP contribution in [0.4, 0.5) is 5.69 Å². The van der Waals surface area contributed by atoms with Gasteiger partial charge in [-0.15, -0.1) is 0 Å². The molecule has 0 bridgehead atoms. The van der Waals surface area contributed by atoms with Gasteiger partial charge in [0.2, 0.25) is 0 Å². The van der Waals surface area contributed by atoms with Gasteiger partial charge in [-0.3, -0.25) is 14.3 Å². The molecule has 2 aromatic heterocycles. The van der Waals surface area contributed by atoms with E-state index in [2.05, 4.69) is 4.98 Å². The molecular weight excluding hydrogens is 232 g/mol. The van der Waals surface area contributed by atoms with Crippen LogP contribution >= 0.6 is 0 Å². The molecule has 6 nitrogen and oxygen atoms in total. The van der Waals surface area contributed by atoms with E-state index in [9.17, 15) is 9.59 Å². The first kappa shape index (κ1) is 12.1. The minimum atomic E-state index is -0.235. The molecule has 0 spiro atoms. The molecule has 0 aliphatic rings. The van der Waals surface area contributed by atoms with Gasteiger partial charge in [-0.2, -0.15) is 0 Å². The van der Waals surface area contributed by atoms with Crippen LogP contribution in [0.15, 0.2) is 35.5 Å². The highest BCUT2D eigenvalue weighted by atomic mass is 16.2. The molecule has 2 rings (SSSR count). The average molecular weight is 246 g/mol. The van der Waals surface area contributed by atoms with Crippen molar-refractivity contribution < 1.29 is 4.79 Å². The first-order chi connectivity index (χ1) is 8.52. The molecule has 0 saturated heterocycles. The highest BCUT2D eigenvalue weighted by Gasteiger charge is 2.18. The van der Waals surface area contributed by atoms with E-state index in [0.717, 1.165) is 5.69 Å². The number of pyridine rings is 1. The van der Waals surface area contributed by atoms with E-state index >= 15 is 0 Å². The summed E-state index contributed by atoms with van der Waals surface area (Å²) in [6.07, 6.45) is 4.76. The SMILES string of the molecule is CN(C(=O)c1cn(C)c(=O)n1C)c1ccncc1. The Morgan fingerprint density at radius 2 is 1.89 bits per heavy atom. The number of carbonyl (C=O) groups excluding carboxylic acids is 1. The number of aryl methyl sites for hydroxylation is 1. The lowest BCUT2D eigenvalue weighted by Crippen LogP contribution is -2.30. The van der Waals surface area contributed by atoms with E-state index in [1.165, 1.54) is 20.2 Å². The summed E-state index contributed by atoms with van der Waals surface area (Å²) >= 11 is 0. The molecule has 0 radical (unpaired) electrons. The van der Waals surface area contributed by atoms with Gasteiger partial charge >= 0.3 is 5.69 Å². The number of nitrogens with zero attached hydrogens (tertiary/aromatic N) is 4. The molecule has 0 aliphatic heterocycles. The third-order valence-corrected chi connectivity index (χ3v) is 2.84. The van der Waals surface area contributed by atoms with Crippen LogP contribution in [0.2, 0.25) is 0 Å². The molecule has 0 unspecified atom stereocenters. The Kier molecular flexibility index (Phi) is 3.01. The summed E-state index contributed by atoms with van der Waals surface area (Å²) in [7, 11) is 4.86. The maximum Gasteiger partial charge on any atom is 0.328 e. The molecule has 18 heavy (non-hydrogen) atoms. The molecule has 0 atom stereocenters. The van der Waals surface area contributed by atoms with Gasteiger partial charge in [0.15, 0.2) is 0 Å². The summed E-state index contributed by atoms with van der Waals surface area (Å²) in [4.78, 5) is 29.2. The molecular formula is C12H14N4O2. The van der Waals surface area contributed by atoms with Crippen molar-refractivity contribution in [3.63, 3.8) is 0 Å². The third-order valence-electron chi connectivity index (χ3n) is 2.84. The van der Waals surface area contributed by atoms with E-state index in [0.29, 0.717) is 5.69 Å². The topological polar surface area (TPSA) is 60.1 Å². The van der Waals surface area contributed by atoms with Crippen molar-refractivity contribution in [2.45, 2.75) is 0 Å². The predicted octanol–water partition coefficient (Wildman–Crippen LogP) is 0.395. The van der Waals surface area contributed by atoms with Gasteiger partial charge in [0, 0.05) is 45.4 Å². The maximum atomic E-state index is 12.3. The predicted molar refractivity (Wildman–Crippen MR) is 67.6 cm³/mol. The normalized spacial score (nSPS) is 10.4. The highest BCUT2D eigenvalue weighted by molar-refractivity contribution is 6.04. The van der Waals surface area contributed by atoms with E-state index in [1.54, 1.807) is 45.7 Å². The first-order valence-corrected chi connectivity index (χ1v) is 5.43. The molecule has 0 aliphatic carbocycles. The minimum absolute atomic E-state index is 0.221. The van der Waals surface area contributed by atoms with Crippen LogP contribution in [0.5, 0.6) is 0 Å². The van der Waals surface area contributed by atoms with Gasteiger partial charge in [0.25, 0.3) is 5.91 Å². The summed E-state index contributed by atoms with van der Waals surface area (Å²) < 4.78 is 2.72. The lowest BCUT2D eigenvalue weighted by atomic mass is 10.3. The summed E-state index contributed by atoms with van der Waals surface area (Å²) in [6.45, 7) is 0. The molecule has 0 N–H and O–H groups in total. The minimum Gasteiger partial charge on any atom is -0.310 e. The molecule has 6 heteroatoms. The lowest BCUT2D eigenvalue weighted by molar-refractivity contribution is 0.0985. The van der Waals surface area contributed by atoms with Crippen LogP contribution in [-0.2, 0) is 14.1 Å². The molecule has 94 valence electrons. The maximum absolute atomic E-state index is 12.3.